The lowest BCUT2D eigenvalue weighted by Crippen LogP contribution is -1.97. The minimum absolute atomic E-state index is 0.765. The number of unbranched alkanes of at least 4 members (excludes halogenated alkanes) is 2. The average molecular weight is 217 g/mol. The molecular weight excluding hydrogens is 202 g/mol. The molecule has 0 spiro atoms. The van der Waals surface area contributed by atoms with E-state index in [2.05, 4.69) is 11.9 Å². The van der Waals surface area contributed by atoms with Crippen molar-refractivity contribution in [1.82, 2.24) is 4.98 Å². The number of hydrogen-bond acceptors (Lipinski definition) is 3. The predicted molar refractivity (Wildman–Crippen MR) is 57.7 cm³/mol. The van der Waals surface area contributed by atoms with Crippen LogP contribution in [0.15, 0.2) is 9.72 Å². The smallest absolute Gasteiger partial charge is 0.180 e. The van der Waals surface area contributed by atoms with E-state index in [4.69, 9.17) is 0 Å². The molecule has 0 radical (unpaired) electrons. The molecule has 0 saturated heterocycles. The van der Waals surface area contributed by atoms with Crippen molar-refractivity contribution in [2.75, 3.05) is 5.75 Å². The molecule has 1 aromatic heterocycles. The van der Waals surface area contributed by atoms with Crippen molar-refractivity contribution in [3.63, 3.8) is 0 Å². The highest BCUT2D eigenvalue weighted by atomic mass is 32.2. The highest BCUT2D eigenvalue weighted by Gasteiger charge is 2.06. The summed E-state index contributed by atoms with van der Waals surface area (Å²) in [6.45, 7) is 4.08. The van der Waals surface area contributed by atoms with Gasteiger partial charge in [-0.05, 0) is 13.3 Å². The summed E-state index contributed by atoms with van der Waals surface area (Å²) in [4.78, 5) is 4.21. The Morgan fingerprint density at radius 3 is 2.85 bits per heavy atom. The van der Waals surface area contributed by atoms with Crippen LogP contribution in [0.3, 0.4) is 0 Å². The van der Waals surface area contributed by atoms with Crippen molar-refractivity contribution < 1.29 is 4.21 Å². The second-order valence-electron chi connectivity index (χ2n) is 3.01. The molecule has 13 heavy (non-hydrogen) atoms. The SMILES string of the molecule is CCCCCS(=O)c1nc(C)cs1. The molecule has 1 atom stereocenters. The van der Waals surface area contributed by atoms with Crippen molar-refractivity contribution in [3.05, 3.63) is 11.1 Å². The Kier molecular flexibility index (Phi) is 4.59. The van der Waals surface area contributed by atoms with Crippen LogP contribution >= 0.6 is 11.3 Å². The van der Waals surface area contributed by atoms with Crippen LogP contribution in [0.1, 0.15) is 31.9 Å². The number of thiazole rings is 1. The topological polar surface area (TPSA) is 30.0 Å². The fourth-order valence-corrected chi connectivity index (χ4v) is 3.24. The van der Waals surface area contributed by atoms with E-state index in [0.717, 1.165) is 28.6 Å². The van der Waals surface area contributed by atoms with Gasteiger partial charge in [0.25, 0.3) is 0 Å². The lowest BCUT2D eigenvalue weighted by atomic mass is 10.3. The number of rotatable bonds is 5. The Bertz CT molecular complexity index is 283. The molecule has 1 unspecified atom stereocenters. The summed E-state index contributed by atoms with van der Waals surface area (Å²) in [6, 6.07) is 0. The van der Waals surface area contributed by atoms with E-state index in [1.807, 2.05) is 12.3 Å². The molecule has 1 heterocycles. The standard InChI is InChI=1S/C9H15NOS2/c1-3-4-5-6-13(11)9-10-8(2)7-12-9/h7H,3-6H2,1-2H3. The van der Waals surface area contributed by atoms with Crippen LogP contribution in [0, 0.1) is 6.92 Å². The summed E-state index contributed by atoms with van der Waals surface area (Å²) in [6.07, 6.45) is 3.38. The van der Waals surface area contributed by atoms with Gasteiger partial charge in [0.1, 0.15) is 0 Å². The first-order chi connectivity index (χ1) is 6.24. The third-order valence-electron chi connectivity index (χ3n) is 1.73. The molecule has 0 aliphatic heterocycles. The lowest BCUT2D eigenvalue weighted by molar-refractivity contribution is 0.675. The first-order valence-electron chi connectivity index (χ1n) is 4.54. The van der Waals surface area contributed by atoms with Gasteiger partial charge in [0.05, 0.1) is 10.8 Å². The van der Waals surface area contributed by atoms with Crippen molar-refractivity contribution in [3.8, 4) is 0 Å². The summed E-state index contributed by atoms with van der Waals surface area (Å²) < 4.78 is 12.4. The van der Waals surface area contributed by atoms with Gasteiger partial charge in [-0.2, -0.15) is 0 Å². The maximum atomic E-state index is 11.6. The quantitative estimate of drug-likeness (QED) is 0.710. The zero-order chi connectivity index (χ0) is 9.68. The van der Waals surface area contributed by atoms with Gasteiger partial charge in [0, 0.05) is 16.8 Å². The van der Waals surface area contributed by atoms with Crippen LogP contribution < -0.4 is 0 Å². The highest BCUT2D eigenvalue weighted by Crippen LogP contribution is 2.14. The molecule has 0 bridgehead atoms. The van der Waals surface area contributed by atoms with Crippen LogP contribution in [0.25, 0.3) is 0 Å². The van der Waals surface area contributed by atoms with Gasteiger partial charge < -0.3 is 0 Å². The molecule has 0 fully saturated rings. The molecular formula is C9H15NOS2. The molecule has 0 aliphatic carbocycles. The largest absolute Gasteiger partial charge is 0.252 e. The highest BCUT2D eigenvalue weighted by molar-refractivity contribution is 7.87. The van der Waals surface area contributed by atoms with Crippen molar-refractivity contribution >= 4 is 22.1 Å². The second kappa shape index (κ2) is 5.50. The van der Waals surface area contributed by atoms with E-state index in [1.165, 1.54) is 17.8 Å². The summed E-state index contributed by atoms with van der Waals surface area (Å²) in [5.74, 6) is 0.765. The predicted octanol–water partition coefficient (Wildman–Crippen LogP) is 2.75. The molecule has 0 amide bonds. The van der Waals surface area contributed by atoms with Crippen LogP contribution in [0.5, 0.6) is 0 Å². The molecule has 0 aliphatic rings. The first kappa shape index (κ1) is 10.9. The van der Waals surface area contributed by atoms with Crippen molar-refractivity contribution in [2.45, 2.75) is 37.4 Å². The molecule has 2 nitrogen and oxygen atoms in total. The molecule has 0 aromatic carbocycles. The monoisotopic (exact) mass is 217 g/mol. The maximum Gasteiger partial charge on any atom is 0.180 e. The van der Waals surface area contributed by atoms with Gasteiger partial charge in [0.15, 0.2) is 4.34 Å². The van der Waals surface area contributed by atoms with Gasteiger partial charge in [-0.1, -0.05) is 19.8 Å². The molecule has 1 aromatic rings. The summed E-state index contributed by atoms with van der Waals surface area (Å²) in [7, 11) is -0.857. The van der Waals surface area contributed by atoms with Crippen LogP contribution in [-0.2, 0) is 10.8 Å². The fourth-order valence-electron chi connectivity index (χ4n) is 1.01. The van der Waals surface area contributed by atoms with Crippen LogP contribution in [0.2, 0.25) is 0 Å². The number of aromatic nitrogens is 1. The summed E-state index contributed by atoms with van der Waals surface area (Å²) in [5, 5.41) is 1.95. The Labute approximate surface area is 85.9 Å². The second-order valence-corrected chi connectivity index (χ2v) is 5.61. The van der Waals surface area contributed by atoms with Gasteiger partial charge >= 0.3 is 0 Å². The first-order valence-corrected chi connectivity index (χ1v) is 6.74. The van der Waals surface area contributed by atoms with E-state index < -0.39 is 10.8 Å². The molecule has 74 valence electrons. The van der Waals surface area contributed by atoms with Crippen molar-refractivity contribution in [1.29, 1.82) is 0 Å². The fraction of sp³-hybridized carbons (Fsp3) is 0.667. The van der Waals surface area contributed by atoms with E-state index in [-0.39, 0.29) is 0 Å². The van der Waals surface area contributed by atoms with E-state index in [9.17, 15) is 4.21 Å². The van der Waals surface area contributed by atoms with Gasteiger partial charge in [-0.3, -0.25) is 4.21 Å². The Morgan fingerprint density at radius 2 is 2.31 bits per heavy atom. The third kappa shape index (κ3) is 3.56. The van der Waals surface area contributed by atoms with Gasteiger partial charge in [-0.25, -0.2) is 4.98 Å². The number of aryl methyl sites for hydroxylation is 1. The molecule has 1 rings (SSSR count). The normalized spacial score (nSPS) is 13.1. The zero-order valence-electron chi connectivity index (χ0n) is 8.08. The van der Waals surface area contributed by atoms with Crippen LogP contribution in [-0.4, -0.2) is 14.9 Å². The zero-order valence-corrected chi connectivity index (χ0v) is 9.71. The third-order valence-corrected chi connectivity index (χ3v) is 4.46. The van der Waals surface area contributed by atoms with E-state index in [0.29, 0.717) is 0 Å². The maximum absolute atomic E-state index is 11.6. The van der Waals surface area contributed by atoms with Crippen molar-refractivity contribution in [2.24, 2.45) is 0 Å². The molecule has 0 N–H and O–H groups in total. The summed E-state index contributed by atoms with van der Waals surface area (Å²) >= 11 is 1.50. The molecule has 0 saturated carbocycles. The summed E-state index contributed by atoms with van der Waals surface area (Å²) in [5.41, 5.74) is 0.976. The molecule has 4 heteroatoms. The average Bonchev–Trinajstić information content (AvgIpc) is 2.52. The number of nitrogens with zero attached hydrogens (tertiary/aromatic N) is 1. The Balaban J connectivity index is 2.40. The van der Waals surface area contributed by atoms with Gasteiger partial charge in [0.2, 0.25) is 0 Å². The Hall–Kier alpha value is -0.220. The van der Waals surface area contributed by atoms with E-state index in [1.54, 1.807) is 0 Å². The Morgan fingerprint density at radius 1 is 1.54 bits per heavy atom. The minimum Gasteiger partial charge on any atom is -0.252 e. The van der Waals surface area contributed by atoms with E-state index >= 15 is 0 Å². The van der Waals surface area contributed by atoms with Gasteiger partial charge in [-0.15, -0.1) is 11.3 Å². The van der Waals surface area contributed by atoms with Crippen LogP contribution in [0.4, 0.5) is 0 Å². The lowest BCUT2D eigenvalue weighted by Gasteiger charge is -1.96. The minimum atomic E-state index is -0.857. The number of hydrogen-bond donors (Lipinski definition) is 0.